The van der Waals surface area contributed by atoms with Crippen molar-refractivity contribution in [3.05, 3.63) is 98.5 Å². The minimum atomic E-state index is -4.81. The van der Waals surface area contributed by atoms with Gasteiger partial charge >= 0.3 is 6.18 Å². The number of rotatable bonds is 10. The standard InChI is InChI=1S/C30H31Cl3F3N3O4S/c1-29(2,3)37-28(41)26(15-19-8-6-5-7-9-19)38(17-20-10-12-22(31)24(33)14-20)27(40)18-39(44(4,42)43)25-16-21(30(34,35)36)11-13-23(25)32/h5-14,16,26H,15,17-18H2,1-4H3,(H,37,41)/t26-/m0/s1. The third kappa shape index (κ3) is 9.76. The molecule has 0 fully saturated rings. The highest BCUT2D eigenvalue weighted by Crippen LogP contribution is 2.36. The van der Waals surface area contributed by atoms with Gasteiger partial charge in [-0.25, -0.2) is 8.42 Å². The lowest BCUT2D eigenvalue weighted by molar-refractivity contribution is -0.140. The quantitative estimate of drug-likeness (QED) is 0.248. The Kier molecular flexibility index (Phi) is 11.3. The molecule has 0 unspecified atom stereocenters. The number of amides is 2. The van der Waals surface area contributed by atoms with Gasteiger partial charge in [0, 0.05) is 18.5 Å². The summed E-state index contributed by atoms with van der Waals surface area (Å²) in [6.45, 7) is 4.12. The van der Waals surface area contributed by atoms with E-state index in [1.165, 1.54) is 17.0 Å². The van der Waals surface area contributed by atoms with Crippen LogP contribution in [0.4, 0.5) is 18.9 Å². The molecule has 0 heterocycles. The first-order valence-corrected chi connectivity index (χ1v) is 16.2. The van der Waals surface area contributed by atoms with E-state index in [0.717, 1.165) is 12.3 Å². The molecule has 0 aliphatic carbocycles. The van der Waals surface area contributed by atoms with Crippen molar-refractivity contribution in [2.24, 2.45) is 0 Å². The molecule has 7 nitrogen and oxygen atoms in total. The first-order valence-electron chi connectivity index (χ1n) is 13.2. The zero-order valence-electron chi connectivity index (χ0n) is 24.3. The number of hydrogen-bond donors (Lipinski definition) is 1. The van der Waals surface area contributed by atoms with E-state index in [9.17, 15) is 31.2 Å². The number of hydrogen-bond acceptors (Lipinski definition) is 4. The first-order chi connectivity index (χ1) is 20.3. The summed E-state index contributed by atoms with van der Waals surface area (Å²) in [6, 6.07) is 14.5. The second-order valence-corrected chi connectivity index (χ2v) is 14.3. The minimum Gasteiger partial charge on any atom is -0.350 e. The second kappa shape index (κ2) is 14.0. The average molecular weight is 693 g/mol. The summed E-state index contributed by atoms with van der Waals surface area (Å²) in [7, 11) is -4.36. The fraction of sp³-hybridized carbons (Fsp3) is 0.333. The molecule has 14 heteroatoms. The Bertz CT molecular complexity index is 1620. The predicted molar refractivity (Wildman–Crippen MR) is 167 cm³/mol. The van der Waals surface area contributed by atoms with Crippen molar-refractivity contribution in [2.45, 2.75) is 51.5 Å². The van der Waals surface area contributed by atoms with E-state index in [1.54, 1.807) is 57.2 Å². The van der Waals surface area contributed by atoms with Crippen LogP contribution < -0.4 is 9.62 Å². The van der Waals surface area contributed by atoms with E-state index in [1.807, 2.05) is 0 Å². The summed E-state index contributed by atoms with van der Waals surface area (Å²) in [5, 5.41) is 2.99. The van der Waals surface area contributed by atoms with Gasteiger partial charge in [-0.05, 0) is 62.2 Å². The zero-order valence-corrected chi connectivity index (χ0v) is 27.3. The molecule has 2 amide bonds. The number of nitrogens with zero attached hydrogens (tertiary/aromatic N) is 2. The molecule has 1 N–H and O–H groups in total. The van der Waals surface area contributed by atoms with Crippen LogP contribution in [0.2, 0.25) is 15.1 Å². The Morgan fingerprint density at radius 2 is 1.48 bits per heavy atom. The van der Waals surface area contributed by atoms with E-state index >= 15 is 0 Å². The summed E-state index contributed by atoms with van der Waals surface area (Å²) in [6.07, 6.45) is -4.02. The monoisotopic (exact) mass is 691 g/mol. The van der Waals surface area contributed by atoms with Gasteiger partial charge in [0.15, 0.2) is 0 Å². The highest BCUT2D eigenvalue weighted by molar-refractivity contribution is 7.92. The van der Waals surface area contributed by atoms with Crippen LogP contribution in [0.1, 0.15) is 37.5 Å². The Balaban J connectivity index is 2.15. The number of sulfonamides is 1. The maximum Gasteiger partial charge on any atom is 0.416 e. The highest BCUT2D eigenvalue weighted by Gasteiger charge is 2.36. The van der Waals surface area contributed by atoms with E-state index in [4.69, 9.17) is 34.8 Å². The van der Waals surface area contributed by atoms with Crippen molar-refractivity contribution >= 4 is 62.3 Å². The van der Waals surface area contributed by atoms with Gasteiger partial charge in [0.25, 0.3) is 0 Å². The lowest BCUT2D eigenvalue weighted by Gasteiger charge is -2.35. The third-order valence-electron chi connectivity index (χ3n) is 6.33. The topological polar surface area (TPSA) is 86.8 Å². The SMILES string of the molecule is CC(C)(C)NC(=O)[C@H](Cc1ccccc1)N(Cc1ccc(Cl)c(Cl)c1)C(=O)CN(c1cc(C(F)(F)F)ccc1Cl)S(C)(=O)=O. The van der Waals surface area contributed by atoms with Gasteiger partial charge in [-0.3, -0.25) is 13.9 Å². The van der Waals surface area contributed by atoms with Gasteiger partial charge in [-0.1, -0.05) is 71.2 Å². The smallest absolute Gasteiger partial charge is 0.350 e. The Morgan fingerprint density at radius 3 is 2.02 bits per heavy atom. The molecule has 1 atom stereocenters. The Hall–Kier alpha value is -2.99. The molecule has 0 bridgehead atoms. The van der Waals surface area contributed by atoms with E-state index in [2.05, 4.69) is 5.32 Å². The van der Waals surface area contributed by atoms with Gasteiger partial charge in [0.2, 0.25) is 21.8 Å². The van der Waals surface area contributed by atoms with Gasteiger partial charge in [-0.15, -0.1) is 0 Å². The number of alkyl halides is 3. The fourth-order valence-electron chi connectivity index (χ4n) is 4.32. The summed E-state index contributed by atoms with van der Waals surface area (Å²) < 4.78 is 67.0. The number of halogens is 6. The van der Waals surface area contributed by atoms with E-state index < -0.39 is 57.4 Å². The first kappa shape index (κ1) is 35.5. The molecular weight excluding hydrogens is 662 g/mol. The van der Waals surface area contributed by atoms with Crippen molar-refractivity contribution in [2.75, 3.05) is 17.1 Å². The van der Waals surface area contributed by atoms with Crippen LogP contribution in [0.15, 0.2) is 66.7 Å². The summed E-state index contributed by atoms with van der Waals surface area (Å²) >= 11 is 18.5. The molecule has 0 radical (unpaired) electrons. The minimum absolute atomic E-state index is 0.0407. The fourth-order valence-corrected chi connectivity index (χ4v) is 5.76. The number of carbonyl (C=O) groups excluding carboxylic acids is 2. The number of nitrogens with one attached hydrogen (secondary N) is 1. The highest BCUT2D eigenvalue weighted by atomic mass is 35.5. The molecule has 0 aromatic heterocycles. The lowest BCUT2D eigenvalue weighted by atomic mass is 10.0. The molecule has 0 aliphatic heterocycles. The third-order valence-corrected chi connectivity index (χ3v) is 8.51. The summed E-state index contributed by atoms with van der Waals surface area (Å²) in [4.78, 5) is 29.1. The lowest BCUT2D eigenvalue weighted by Crippen LogP contribution is -2.56. The van der Waals surface area contributed by atoms with Crippen molar-refractivity contribution in [1.29, 1.82) is 0 Å². The second-order valence-electron chi connectivity index (χ2n) is 11.1. The molecule has 3 aromatic carbocycles. The zero-order chi connectivity index (χ0) is 33.0. The largest absolute Gasteiger partial charge is 0.416 e. The van der Waals surface area contributed by atoms with Crippen molar-refractivity contribution in [3.63, 3.8) is 0 Å². The maximum absolute atomic E-state index is 14.1. The van der Waals surface area contributed by atoms with Crippen LogP contribution in [0, 0.1) is 0 Å². The van der Waals surface area contributed by atoms with Gasteiger partial charge < -0.3 is 10.2 Å². The van der Waals surface area contributed by atoms with Gasteiger partial charge in [0.1, 0.15) is 12.6 Å². The molecule has 44 heavy (non-hydrogen) atoms. The van der Waals surface area contributed by atoms with Crippen LogP contribution in [0.5, 0.6) is 0 Å². The number of carbonyl (C=O) groups is 2. The van der Waals surface area contributed by atoms with Crippen LogP contribution in [0.25, 0.3) is 0 Å². The van der Waals surface area contributed by atoms with Crippen LogP contribution in [0.3, 0.4) is 0 Å². The van der Waals surface area contributed by atoms with Crippen molar-refractivity contribution < 1.29 is 31.2 Å². The molecule has 3 aromatic rings. The predicted octanol–water partition coefficient (Wildman–Crippen LogP) is 6.99. The molecule has 0 saturated carbocycles. The summed E-state index contributed by atoms with van der Waals surface area (Å²) in [5.74, 6) is -1.40. The number of benzene rings is 3. The maximum atomic E-state index is 14.1. The van der Waals surface area contributed by atoms with E-state index in [-0.39, 0.29) is 28.0 Å². The average Bonchev–Trinajstić information content (AvgIpc) is 2.90. The number of anilines is 1. The van der Waals surface area contributed by atoms with E-state index in [0.29, 0.717) is 27.6 Å². The molecule has 0 aliphatic rings. The van der Waals surface area contributed by atoms with Crippen molar-refractivity contribution in [1.82, 2.24) is 10.2 Å². The van der Waals surface area contributed by atoms with Crippen LogP contribution >= 0.6 is 34.8 Å². The molecule has 238 valence electrons. The van der Waals surface area contributed by atoms with Gasteiger partial charge in [0.05, 0.1) is 32.6 Å². The summed E-state index contributed by atoms with van der Waals surface area (Å²) in [5.41, 5.74) is -1.22. The molecule has 0 spiro atoms. The molecule has 3 rings (SSSR count). The van der Waals surface area contributed by atoms with Gasteiger partial charge in [-0.2, -0.15) is 13.2 Å². The molecule has 0 saturated heterocycles. The van der Waals surface area contributed by atoms with Crippen LogP contribution in [-0.2, 0) is 38.8 Å². The van der Waals surface area contributed by atoms with Crippen LogP contribution in [-0.4, -0.2) is 49.5 Å². The Morgan fingerprint density at radius 1 is 0.864 bits per heavy atom. The molecular formula is C30H31Cl3F3N3O4S. The van der Waals surface area contributed by atoms with Crippen molar-refractivity contribution in [3.8, 4) is 0 Å². The Labute approximate surface area is 269 Å². The normalized spacial score (nSPS) is 12.9.